The van der Waals surface area contributed by atoms with E-state index in [9.17, 15) is 0 Å². The number of hydrogen-bond donors (Lipinski definition) is 0. The van der Waals surface area contributed by atoms with Crippen LogP contribution in [0.15, 0.2) is 195 Å². The molecular weight excluding hydrogens is 873 g/mol. The summed E-state index contributed by atoms with van der Waals surface area (Å²) in [5.74, 6) is 4.21. The maximum absolute atomic E-state index is 8.11. The normalized spacial score (nSPS) is 15.4. The van der Waals surface area contributed by atoms with E-state index in [0.29, 0.717) is 30.5 Å². The molecule has 4 aliphatic rings. The van der Waals surface area contributed by atoms with Crippen molar-refractivity contribution in [3.8, 4) is 23.0 Å². The van der Waals surface area contributed by atoms with Gasteiger partial charge in [0.1, 0.15) is 36.3 Å². The highest BCUT2D eigenvalue weighted by Crippen LogP contribution is 2.48. The van der Waals surface area contributed by atoms with Crippen LogP contribution in [0.2, 0.25) is 0 Å². The quantitative estimate of drug-likeness (QED) is 0.130. The summed E-state index contributed by atoms with van der Waals surface area (Å²) in [6, 6.07) is 52.6. The molecule has 7 heterocycles. The van der Waals surface area contributed by atoms with E-state index in [4.69, 9.17) is 23.6 Å². The SMILES string of the molecule is [2H]C([2H])([2H])N1CN(c2cccc(Oc3cccc(N4CN(c5cnc(N6CN(c7cccc(Oc8cccc(N9CN(C)c%10cnccc%109)c8)c7)c7ccccc76)cn5)c5ccccc54)c3)c2)c2ccncc21. The summed E-state index contributed by atoms with van der Waals surface area (Å²) >= 11 is 0. The highest BCUT2D eigenvalue weighted by Gasteiger charge is 2.32. The number of nitrogens with zero attached hydrogens (tertiary/aromatic N) is 12. The third-order valence-corrected chi connectivity index (χ3v) is 13.1. The van der Waals surface area contributed by atoms with Gasteiger partial charge in [-0.2, -0.15) is 0 Å². The molecule has 0 radical (unpaired) electrons. The number of fused-ring (bicyclic) bond motifs is 4. The van der Waals surface area contributed by atoms with Gasteiger partial charge in [-0.1, -0.05) is 48.5 Å². The molecule has 342 valence electrons. The van der Waals surface area contributed by atoms with Crippen molar-refractivity contribution in [1.82, 2.24) is 19.9 Å². The van der Waals surface area contributed by atoms with Crippen molar-refractivity contribution in [3.63, 3.8) is 0 Å². The van der Waals surface area contributed by atoms with Gasteiger partial charge in [-0.05, 0) is 84.9 Å². The first kappa shape index (κ1) is 37.8. The summed E-state index contributed by atoms with van der Waals surface area (Å²) in [5.41, 5.74) is 11.4. The lowest BCUT2D eigenvalue weighted by Gasteiger charge is -2.23. The fraction of sp³-hybridized carbons (Fsp3) is 0.107. The van der Waals surface area contributed by atoms with Crippen LogP contribution in [0.3, 0.4) is 0 Å². The Labute approximate surface area is 409 Å². The number of aromatic nitrogens is 4. The monoisotopic (exact) mass is 921 g/mol. The van der Waals surface area contributed by atoms with E-state index in [1.54, 1.807) is 12.4 Å². The molecule has 9 aromatic rings. The van der Waals surface area contributed by atoms with Crippen LogP contribution in [0.25, 0.3) is 0 Å². The van der Waals surface area contributed by atoms with Gasteiger partial charge in [-0.3, -0.25) is 9.97 Å². The van der Waals surface area contributed by atoms with Crippen LogP contribution in [0, 0.1) is 0 Å². The van der Waals surface area contributed by atoms with Gasteiger partial charge in [0.2, 0.25) is 0 Å². The molecule has 4 aliphatic heterocycles. The lowest BCUT2D eigenvalue weighted by atomic mass is 10.2. The summed E-state index contributed by atoms with van der Waals surface area (Å²) in [7, 11) is 2.07. The Hall–Kier alpha value is -9.30. The molecule has 0 saturated carbocycles. The van der Waals surface area contributed by atoms with E-state index < -0.39 is 6.98 Å². The van der Waals surface area contributed by atoms with Crippen LogP contribution >= 0.6 is 0 Å². The molecule has 0 amide bonds. The second kappa shape index (κ2) is 16.8. The molecule has 6 aromatic carbocycles. The van der Waals surface area contributed by atoms with Crippen molar-refractivity contribution in [2.45, 2.75) is 0 Å². The minimum absolute atomic E-state index is 0.162. The number of benzene rings is 6. The van der Waals surface area contributed by atoms with E-state index in [1.807, 2.05) is 127 Å². The number of pyridine rings is 2. The van der Waals surface area contributed by atoms with Gasteiger partial charge in [0.15, 0.2) is 11.6 Å². The molecule has 70 heavy (non-hydrogen) atoms. The Morgan fingerprint density at radius 2 is 0.729 bits per heavy atom. The average Bonchev–Trinajstić information content (AvgIpc) is 4.20. The lowest BCUT2D eigenvalue weighted by Crippen LogP contribution is -2.26. The standard InChI is InChI=1S/C56H46N12O2/c1-61-35-63(51-23-25-57-31-53(51)61)39-11-7-15-43(27-39)69-45-17-9-13-41(29-45)65-37-67(49-21-5-3-19-47(49)65)55-33-60-56(34-59-55)68-38-66(48-20-4-6-22-50(48)68)42-14-10-18-46(30-42)70-44-16-8-12-40(28-44)64-36-62(2)54-32-58-26-24-52(54)64/h3-34H,35-38H2,1-2H3/i1D3. The fourth-order valence-electron chi connectivity index (χ4n) is 9.80. The second-order valence-electron chi connectivity index (χ2n) is 17.4. The fourth-order valence-corrected chi connectivity index (χ4v) is 9.80. The summed E-state index contributed by atoms with van der Waals surface area (Å²) in [6.07, 6.45) is 10.7. The summed E-state index contributed by atoms with van der Waals surface area (Å²) in [4.78, 5) is 35.3. The van der Waals surface area contributed by atoms with E-state index >= 15 is 0 Å². The molecule has 0 N–H and O–H groups in total. The predicted octanol–water partition coefficient (Wildman–Crippen LogP) is 12.4. The Balaban J connectivity index is 0.712. The van der Waals surface area contributed by atoms with Crippen LogP contribution in [-0.2, 0) is 0 Å². The molecule has 0 saturated heterocycles. The van der Waals surface area contributed by atoms with Gasteiger partial charge in [0, 0.05) is 77.5 Å². The van der Waals surface area contributed by atoms with E-state index in [1.165, 1.54) is 4.90 Å². The van der Waals surface area contributed by atoms with Crippen LogP contribution in [0.1, 0.15) is 4.11 Å². The summed E-state index contributed by atoms with van der Waals surface area (Å²) in [5, 5.41) is 0. The van der Waals surface area contributed by atoms with Crippen molar-refractivity contribution in [1.29, 1.82) is 0 Å². The highest BCUT2D eigenvalue weighted by atomic mass is 16.5. The maximum Gasteiger partial charge on any atom is 0.153 e. The number of para-hydroxylation sites is 4. The minimum Gasteiger partial charge on any atom is -0.457 e. The van der Waals surface area contributed by atoms with Crippen LogP contribution in [-0.4, -0.2) is 60.6 Å². The van der Waals surface area contributed by atoms with Crippen LogP contribution in [0.4, 0.5) is 79.9 Å². The zero-order valence-corrected chi connectivity index (χ0v) is 38.0. The molecule has 0 fully saturated rings. The minimum atomic E-state index is -2.31. The molecule has 0 atom stereocenters. The Bertz CT molecular complexity index is 3550. The Morgan fingerprint density at radius 3 is 1.13 bits per heavy atom. The third-order valence-electron chi connectivity index (χ3n) is 13.1. The average molecular weight is 922 g/mol. The zero-order chi connectivity index (χ0) is 49.2. The first-order chi connectivity index (χ1) is 35.7. The maximum atomic E-state index is 8.11. The molecule has 0 bridgehead atoms. The topological polar surface area (TPSA) is 95.9 Å². The second-order valence-corrected chi connectivity index (χ2v) is 17.4. The zero-order valence-electron chi connectivity index (χ0n) is 41.0. The van der Waals surface area contributed by atoms with Gasteiger partial charge in [-0.25, -0.2) is 9.97 Å². The summed E-state index contributed by atoms with van der Waals surface area (Å²) < 4.78 is 37.4. The van der Waals surface area contributed by atoms with Gasteiger partial charge >= 0.3 is 0 Å². The largest absolute Gasteiger partial charge is 0.457 e. The van der Waals surface area contributed by atoms with Gasteiger partial charge in [-0.15, -0.1) is 0 Å². The van der Waals surface area contributed by atoms with Crippen molar-refractivity contribution < 1.29 is 13.6 Å². The molecule has 13 rings (SSSR count). The summed E-state index contributed by atoms with van der Waals surface area (Å²) in [6.45, 7) is -0.401. The van der Waals surface area contributed by atoms with E-state index in [2.05, 4.69) is 107 Å². The molecule has 14 heteroatoms. The van der Waals surface area contributed by atoms with Crippen molar-refractivity contribution in [2.75, 3.05) is 79.9 Å². The number of hydrogen-bond acceptors (Lipinski definition) is 14. The Morgan fingerprint density at radius 1 is 0.371 bits per heavy atom. The molecule has 0 aliphatic carbocycles. The molecule has 14 nitrogen and oxygen atoms in total. The Kier molecular flexibility index (Phi) is 9.05. The van der Waals surface area contributed by atoms with Crippen molar-refractivity contribution >= 4 is 79.9 Å². The highest BCUT2D eigenvalue weighted by molar-refractivity contribution is 5.89. The van der Waals surface area contributed by atoms with Gasteiger partial charge < -0.3 is 48.7 Å². The van der Waals surface area contributed by atoms with Crippen LogP contribution < -0.4 is 48.7 Å². The third kappa shape index (κ3) is 7.20. The lowest BCUT2D eigenvalue weighted by molar-refractivity contribution is 0.482. The smallest absolute Gasteiger partial charge is 0.153 e. The molecule has 3 aromatic heterocycles. The first-order valence-corrected chi connectivity index (χ1v) is 23.0. The first-order valence-electron chi connectivity index (χ1n) is 24.5. The molecule has 0 spiro atoms. The van der Waals surface area contributed by atoms with Gasteiger partial charge in [0.25, 0.3) is 0 Å². The molecular formula is C56H46N12O2. The number of anilines is 14. The van der Waals surface area contributed by atoms with Crippen molar-refractivity contribution in [2.24, 2.45) is 0 Å². The van der Waals surface area contributed by atoms with Crippen LogP contribution in [0.5, 0.6) is 23.0 Å². The molecule has 0 unspecified atom stereocenters. The predicted molar refractivity (Wildman–Crippen MR) is 278 cm³/mol. The number of rotatable bonds is 10. The van der Waals surface area contributed by atoms with E-state index in [-0.39, 0.29) is 6.67 Å². The van der Waals surface area contributed by atoms with Crippen molar-refractivity contribution in [3.05, 3.63) is 195 Å². The van der Waals surface area contributed by atoms with E-state index in [0.717, 1.165) is 92.4 Å². The van der Waals surface area contributed by atoms with Gasteiger partial charge in [0.05, 0.1) is 83.6 Å². The number of ether oxygens (including phenoxy) is 2.